The molecule has 0 aromatic heterocycles. The first-order chi connectivity index (χ1) is 9.65. The molecule has 1 unspecified atom stereocenters. The zero-order chi connectivity index (χ0) is 14.1. The van der Waals surface area contributed by atoms with Crippen molar-refractivity contribution in [1.29, 1.82) is 0 Å². The van der Waals surface area contributed by atoms with Crippen molar-refractivity contribution in [1.82, 2.24) is 4.90 Å². The van der Waals surface area contributed by atoms with Crippen molar-refractivity contribution < 1.29 is 14.3 Å². The van der Waals surface area contributed by atoms with Crippen LogP contribution in [0.4, 0.5) is 0 Å². The number of carbonyl (C=O) groups is 2. The Labute approximate surface area is 118 Å². The van der Waals surface area contributed by atoms with Gasteiger partial charge in [0.2, 0.25) is 5.91 Å². The molecular weight excluding hydrogens is 254 g/mol. The molecular formula is C16H19NO3. The second-order valence-corrected chi connectivity index (χ2v) is 5.79. The Bertz CT molecular complexity index is 536. The molecule has 0 bridgehead atoms. The van der Waals surface area contributed by atoms with Gasteiger partial charge in [-0.1, -0.05) is 12.1 Å². The highest BCUT2D eigenvalue weighted by Gasteiger charge is 2.32. The largest absolute Gasteiger partial charge is 0.492 e. The fourth-order valence-electron chi connectivity index (χ4n) is 2.59. The van der Waals surface area contributed by atoms with Crippen LogP contribution in [0.15, 0.2) is 24.3 Å². The standard InChI is InChI=1S/C16H19NO3/c1-17(9-11-6-7-11)15(18)8-12-10-20-14-5-3-2-4-13(14)16(12)19/h2-5,11-12H,6-10H2,1H3. The number of hydrogen-bond donors (Lipinski definition) is 0. The third-order valence-corrected chi connectivity index (χ3v) is 4.04. The number of ketones is 1. The van der Waals surface area contributed by atoms with Crippen LogP contribution in [0.3, 0.4) is 0 Å². The molecule has 3 rings (SSSR count). The van der Waals surface area contributed by atoms with Crippen molar-refractivity contribution >= 4 is 11.7 Å². The molecule has 1 saturated carbocycles. The van der Waals surface area contributed by atoms with E-state index in [0.29, 0.717) is 23.8 Å². The normalized spacial score (nSPS) is 21.1. The summed E-state index contributed by atoms with van der Waals surface area (Å²) in [5.74, 6) is 1.02. The van der Waals surface area contributed by atoms with Crippen LogP contribution in [0.1, 0.15) is 29.6 Å². The van der Waals surface area contributed by atoms with Crippen LogP contribution in [0.25, 0.3) is 0 Å². The molecule has 20 heavy (non-hydrogen) atoms. The molecule has 0 N–H and O–H groups in total. The third kappa shape index (κ3) is 2.69. The number of carbonyl (C=O) groups excluding carboxylic acids is 2. The number of benzene rings is 1. The van der Waals surface area contributed by atoms with Gasteiger partial charge in [0.05, 0.1) is 18.1 Å². The molecule has 1 aliphatic heterocycles. The van der Waals surface area contributed by atoms with Gasteiger partial charge in [0.1, 0.15) is 5.75 Å². The molecule has 1 amide bonds. The first-order valence-electron chi connectivity index (χ1n) is 7.15. The van der Waals surface area contributed by atoms with E-state index in [9.17, 15) is 9.59 Å². The Morgan fingerprint density at radius 2 is 2.10 bits per heavy atom. The first kappa shape index (κ1) is 13.2. The lowest BCUT2D eigenvalue weighted by Crippen LogP contribution is -2.35. The topological polar surface area (TPSA) is 46.6 Å². The lowest BCUT2D eigenvalue weighted by Gasteiger charge is -2.25. The molecule has 1 fully saturated rings. The van der Waals surface area contributed by atoms with E-state index in [1.165, 1.54) is 12.8 Å². The Morgan fingerprint density at radius 3 is 2.85 bits per heavy atom. The van der Waals surface area contributed by atoms with Crippen molar-refractivity contribution in [2.45, 2.75) is 19.3 Å². The van der Waals surface area contributed by atoms with E-state index in [2.05, 4.69) is 0 Å². The maximum Gasteiger partial charge on any atom is 0.223 e. The average Bonchev–Trinajstić information content (AvgIpc) is 3.26. The summed E-state index contributed by atoms with van der Waals surface area (Å²) in [6.07, 6.45) is 2.68. The van der Waals surface area contributed by atoms with Gasteiger partial charge >= 0.3 is 0 Å². The Kier molecular flexibility index (Phi) is 3.47. The predicted molar refractivity (Wildman–Crippen MR) is 74.7 cm³/mol. The monoisotopic (exact) mass is 273 g/mol. The van der Waals surface area contributed by atoms with Crippen LogP contribution in [-0.2, 0) is 4.79 Å². The molecule has 4 heteroatoms. The number of Topliss-reactive ketones (excluding diaryl/α,β-unsaturated/α-hetero) is 1. The number of hydrogen-bond acceptors (Lipinski definition) is 3. The van der Waals surface area contributed by atoms with Crippen LogP contribution < -0.4 is 4.74 Å². The number of para-hydroxylation sites is 1. The SMILES string of the molecule is CN(CC1CC1)C(=O)CC1COc2ccccc2C1=O. The lowest BCUT2D eigenvalue weighted by molar-refractivity contribution is -0.131. The van der Waals surface area contributed by atoms with E-state index in [1.807, 2.05) is 19.2 Å². The molecule has 1 aromatic carbocycles. The summed E-state index contributed by atoms with van der Waals surface area (Å²) in [7, 11) is 1.82. The van der Waals surface area contributed by atoms with Crippen molar-refractivity contribution in [2.24, 2.45) is 11.8 Å². The lowest BCUT2D eigenvalue weighted by atomic mass is 9.92. The number of nitrogens with zero attached hydrogens (tertiary/aromatic N) is 1. The van der Waals surface area contributed by atoms with E-state index < -0.39 is 0 Å². The van der Waals surface area contributed by atoms with E-state index in [4.69, 9.17) is 4.74 Å². The maximum atomic E-state index is 12.4. The minimum Gasteiger partial charge on any atom is -0.492 e. The summed E-state index contributed by atoms with van der Waals surface area (Å²) in [4.78, 5) is 26.3. The molecule has 1 aromatic rings. The van der Waals surface area contributed by atoms with Gasteiger partial charge in [-0.25, -0.2) is 0 Å². The Morgan fingerprint density at radius 1 is 1.35 bits per heavy atom. The van der Waals surface area contributed by atoms with Crippen LogP contribution >= 0.6 is 0 Å². The summed E-state index contributed by atoms with van der Waals surface area (Å²) in [6.45, 7) is 1.12. The second kappa shape index (κ2) is 5.27. The van der Waals surface area contributed by atoms with Gasteiger partial charge in [-0.3, -0.25) is 9.59 Å². The maximum absolute atomic E-state index is 12.4. The smallest absolute Gasteiger partial charge is 0.223 e. The highest BCUT2D eigenvalue weighted by Crippen LogP contribution is 2.31. The zero-order valence-corrected chi connectivity index (χ0v) is 11.7. The van der Waals surface area contributed by atoms with Gasteiger partial charge < -0.3 is 9.64 Å². The molecule has 0 spiro atoms. The molecule has 1 heterocycles. The predicted octanol–water partition coefficient (Wildman–Crippen LogP) is 2.14. The minimum absolute atomic E-state index is 0.0278. The molecule has 0 saturated heterocycles. The Hall–Kier alpha value is -1.84. The van der Waals surface area contributed by atoms with Gasteiger partial charge in [0.15, 0.2) is 5.78 Å². The molecule has 1 atom stereocenters. The summed E-state index contributed by atoms with van der Waals surface area (Å²) in [5, 5.41) is 0. The highest BCUT2D eigenvalue weighted by molar-refractivity contribution is 6.02. The summed E-state index contributed by atoms with van der Waals surface area (Å²) in [5.41, 5.74) is 0.599. The first-order valence-corrected chi connectivity index (χ1v) is 7.15. The Balaban J connectivity index is 1.63. The molecule has 4 nitrogen and oxygen atoms in total. The van der Waals surface area contributed by atoms with E-state index in [0.717, 1.165) is 6.54 Å². The summed E-state index contributed by atoms with van der Waals surface area (Å²) in [6, 6.07) is 7.23. The quantitative estimate of drug-likeness (QED) is 0.844. The number of ether oxygens (including phenoxy) is 1. The van der Waals surface area contributed by atoms with Gasteiger partial charge in [0, 0.05) is 20.0 Å². The number of amides is 1. The summed E-state index contributed by atoms with van der Waals surface area (Å²) < 4.78 is 5.59. The van der Waals surface area contributed by atoms with Crippen LogP contribution in [-0.4, -0.2) is 36.8 Å². The van der Waals surface area contributed by atoms with Gasteiger partial charge in [0.25, 0.3) is 0 Å². The van der Waals surface area contributed by atoms with Crippen molar-refractivity contribution in [2.75, 3.05) is 20.2 Å². The fraction of sp³-hybridized carbons (Fsp3) is 0.500. The minimum atomic E-state index is -0.348. The summed E-state index contributed by atoms with van der Waals surface area (Å²) >= 11 is 0. The van der Waals surface area contributed by atoms with E-state index in [1.54, 1.807) is 17.0 Å². The van der Waals surface area contributed by atoms with E-state index >= 15 is 0 Å². The van der Waals surface area contributed by atoms with Crippen molar-refractivity contribution in [3.05, 3.63) is 29.8 Å². The van der Waals surface area contributed by atoms with Crippen LogP contribution in [0.5, 0.6) is 5.75 Å². The molecule has 1 aliphatic carbocycles. The zero-order valence-electron chi connectivity index (χ0n) is 11.7. The third-order valence-electron chi connectivity index (χ3n) is 4.04. The van der Waals surface area contributed by atoms with Gasteiger partial charge in [-0.05, 0) is 30.9 Å². The van der Waals surface area contributed by atoms with Gasteiger partial charge in [-0.15, -0.1) is 0 Å². The second-order valence-electron chi connectivity index (χ2n) is 5.79. The number of fused-ring (bicyclic) bond motifs is 1. The van der Waals surface area contributed by atoms with Crippen LogP contribution in [0, 0.1) is 11.8 Å². The molecule has 0 radical (unpaired) electrons. The van der Waals surface area contributed by atoms with Crippen molar-refractivity contribution in [3.63, 3.8) is 0 Å². The van der Waals surface area contributed by atoms with Gasteiger partial charge in [-0.2, -0.15) is 0 Å². The number of rotatable bonds is 4. The van der Waals surface area contributed by atoms with Crippen LogP contribution in [0.2, 0.25) is 0 Å². The average molecular weight is 273 g/mol. The highest BCUT2D eigenvalue weighted by atomic mass is 16.5. The van der Waals surface area contributed by atoms with E-state index in [-0.39, 0.29) is 24.0 Å². The van der Waals surface area contributed by atoms with Crippen molar-refractivity contribution in [3.8, 4) is 5.75 Å². The molecule has 2 aliphatic rings. The molecule has 106 valence electrons. The fourth-order valence-corrected chi connectivity index (χ4v) is 2.59.